The van der Waals surface area contributed by atoms with Crippen molar-refractivity contribution in [2.24, 2.45) is 0 Å². The van der Waals surface area contributed by atoms with Crippen molar-refractivity contribution < 1.29 is 9.90 Å². The van der Waals surface area contributed by atoms with Crippen LogP contribution in [0.5, 0.6) is 0 Å². The van der Waals surface area contributed by atoms with Crippen molar-refractivity contribution >= 4 is 5.78 Å². The Labute approximate surface area is 54.2 Å². The van der Waals surface area contributed by atoms with Crippen LogP contribution in [0.1, 0.15) is 19.8 Å². The molecule has 1 aliphatic rings. The Morgan fingerprint density at radius 2 is 2.11 bits per heavy atom. The predicted octanol–water partition coefficient (Wildman–Crippen LogP) is 0.656. The van der Waals surface area contributed by atoms with Gasteiger partial charge in [0.2, 0.25) is 0 Å². The van der Waals surface area contributed by atoms with E-state index in [4.69, 9.17) is 5.11 Å². The highest BCUT2D eigenvalue weighted by molar-refractivity contribution is 6.02. The van der Waals surface area contributed by atoms with E-state index in [2.05, 4.69) is 6.58 Å². The minimum atomic E-state index is -1.01. The molecule has 0 aromatic carbocycles. The van der Waals surface area contributed by atoms with Gasteiger partial charge in [0.1, 0.15) is 5.60 Å². The van der Waals surface area contributed by atoms with Crippen LogP contribution in [0.2, 0.25) is 0 Å². The zero-order valence-electron chi connectivity index (χ0n) is 5.48. The summed E-state index contributed by atoms with van der Waals surface area (Å²) in [5.74, 6) is -0.192. The molecule has 0 heterocycles. The van der Waals surface area contributed by atoms with Gasteiger partial charge in [0, 0.05) is 0 Å². The molecule has 0 aliphatic heterocycles. The fraction of sp³-hybridized carbons (Fsp3) is 0.571. The van der Waals surface area contributed by atoms with Crippen LogP contribution in [-0.2, 0) is 4.79 Å². The fourth-order valence-corrected chi connectivity index (χ4v) is 0.743. The summed E-state index contributed by atoms with van der Waals surface area (Å²) in [5.41, 5.74) is -0.554. The van der Waals surface area contributed by atoms with E-state index < -0.39 is 5.60 Å². The van der Waals surface area contributed by atoms with Gasteiger partial charge < -0.3 is 5.11 Å². The molecule has 1 aliphatic carbocycles. The molecule has 9 heavy (non-hydrogen) atoms. The molecule has 0 unspecified atom stereocenters. The summed E-state index contributed by atoms with van der Waals surface area (Å²) >= 11 is 0. The number of rotatable bonds is 2. The third-order valence-electron chi connectivity index (χ3n) is 1.53. The number of carbonyl (C=O) groups is 1. The average molecular weight is 126 g/mol. The van der Waals surface area contributed by atoms with Crippen LogP contribution in [0.15, 0.2) is 12.2 Å². The van der Waals surface area contributed by atoms with Crippen LogP contribution in [0.25, 0.3) is 0 Å². The first-order valence-electron chi connectivity index (χ1n) is 2.99. The topological polar surface area (TPSA) is 37.3 Å². The molecule has 0 saturated heterocycles. The van der Waals surface area contributed by atoms with Crippen LogP contribution < -0.4 is 0 Å². The number of ketones is 1. The molecule has 0 radical (unpaired) electrons. The van der Waals surface area contributed by atoms with E-state index in [1.54, 1.807) is 6.92 Å². The second-order valence-corrected chi connectivity index (χ2v) is 2.64. The maximum atomic E-state index is 10.9. The molecule has 1 fully saturated rings. The Balaban J connectivity index is 2.63. The van der Waals surface area contributed by atoms with Crippen molar-refractivity contribution in [1.82, 2.24) is 0 Å². The van der Waals surface area contributed by atoms with E-state index in [-0.39, 0.29) is 5.78 Å². The van der Waals surface area contributed by atoms with Crippen molar-refractivity contribution in [3.05, 3.63) is 12.2 Å². The first-order valence-corrected chi connectivity index (χ1v) is 2.99. The van der Waals surface area contributed by atoms with Gasteiger partial charge in [-0.3, -0.25) is 4.79 Å². The van der Waals surface area contributed by atoms with Gasteiger partial charge in [-0.15, -0.1) is 0 Å². The van der Waals surface area contributed by atoms with Gasteiger partial charge in [0.15, 0.2) is 5.78 Å². The summed E-state index contributed by atoms with van der Waals surface area (Å²) in [6.07, 6.45) is 1.22. The Bertz CT molecular complexity index is 166. The first kappa shape index (κ1) is 6.49. The van der Waals surface area contributed by atoms with Gasteiger partial charge in [-0.25, -0.2) is 0 Å². The van der Waals surface area contributed by atoms with Crippen molar-refractivity contribution in [2.75, 3.05) is 0 Å². The van der Waals surface area contributed by atoms with E-state index in [9.17, 15) is 4.79 Å². The van der Waals surface area contributed by atoms with Gasteiger partial charge in [-0.2, -0.15) is 0 Å². The molecule has 0 aromatic rings. The number of Topliss-reactive ketones (excluding diaryl/α,β-unsaturated/α-hetero) is 1. The first-order chi connectivity index (χ1) is 4.06. The molecule has 0 spiro atoms. The monoisotopic (exact) mass is 126 g/mol. The van der Waals surface area contributed by atoms with Crippen molar-refractivity contribution in [3.8, 4) is 0 Å². The molecule has 1 saturated carbocycles. The quantitative estimate of drug-likeness (QED) is 0.552. The third kappa shape index (κ3) is 1.03. The van der Waals surface area contributed by atoms with E-state index >= 15 is 0 Å². The lowest BCUT2D eigenvalue weighted by Gasteiger charge is -2.03. The second-order valence-electron chi connectivity index (χ2n) is 2.64. The Kier molecular flexibility index (Phi) is 1.21. The van der Waals surface area contributed by atoms with Gasteiger partial charge in [-0.1, -0.05) is 6.58 Å². The minimum absolute atomic E-state index is 0.192. The highest BCUT2D eigenvalue weighted by Crippen LogP contribution is 2.37. The maximum Gasteiger partial charge on any atom is 0.189 e. The average Bonchev–Trinajstić information content (AvgIpc) is 2.47. The van der Waals surface area contributed by atoms with Gasteiger partial charge >= 0.3 is 0 Å². The zero-order valence-corrected chi connectivity index (χ0v) is 5.48. The second kappa shape index (κ2) is 1.67. The summed E-state index contributed by atoms with van der Waals surface area (Å²) in [5, 5.41) is 9.16. The summed E-state index contributed by atoms with van der Waals surface area (Å²) in [7, 11) is 0. The molecule has 0 amide bonds. The lowest BCUT2D eigenvalue weighted by molar-refractivity contribution is -0.125. The van der Waals surface area contributed by atoms with Crippen molar-refractivity contribution in [3.63, 3.8) is 0 Å². The highest BCUT2D eigenvalue weighted by atomic mass is 16.3. The zero-order chi connectivity index (χ0) is 7.07. The third-order valence-corrected chi connectivity index (χ3v) is 1.53. The van der Waals surface area contributed by atoms with Crippen molar-refractivity contribution in [2.45, 2.75) is 25.4 Å². The number of hydrogen-bond acceptors (Lipinski definition) is 2. The van der Waals surface area contributed by atoms with Gasteiger partial charge in [0.25, 0.3) is 0 Å². The molecular weight excluding hydrogens is 116 g/mol. The van der Waals surface area contributed by atoms with E-state index in [1.807, 2.05) is 0 Å². The normalized spacial score (nSPS) is 21.1. The lowest BCUT2D eigenvalue weighted by Crippen LogP contribution is -2.21. The highest BCUT2D eigenvalue weighted by Gasteiger charge is 2.47. The maximum absolute atomic E-state index is 10.9. The standard InChI is InChI=1S/C7H10O2/c1-5(2)6(8)7(9)3-4-7/h9H,1,3-4H2,2H3. The van der Waals surface area contributed by atoms with Crippen LogP contribution in [0, 0.1) is 0 Å². The molecule has 0 bridgehead atoms. The van der Waals surface area contributed by atoms with Crippen LogP contribution in [0.4, 0.5) is 0 Å². The van der Waals surface area contributed by atoms with Crippen LogP contribution >= 0.6 is 0 Å². The molecule has 2 nitrogen and oxygen atoms in total. The Morgan fingerprint density at radius 3 is 2.22 bits per heavy atom. The number of hydrogen-bond donors (Lipinski definition) is 1. The Morgan fingerprint density at radius 1 is 1.67 bits per heavy atom. The molecule has 0 aromatic heterocycles. The molecule has 50 valence electrons. The molecular formula is C7H10O2. The lowest BCUT2D eigenvalue weighted by atomic mass is 10.1. The predicted molar refractivity (Wildman–Crippen MR) is 34.0 cm³/mol. The summed E-state index contributed by atoms with van der Waals surface area (Å²) in [4.78, 5) is 10.9. The molecule has 0 atom stereocenters. The van der Waals surface area contributed by atoms with E-state index in [1.165, 1.54) is 0 Å². The fourth-order valence-electron chi connectivity index (χ4n) is 0.743. The minimum Gasteiger partial charge on any atom is -0.382 e. The smallest absolute Gasteiger partial charge is 0.189 e. The van der Waals surface area contributed by atoms with Crippen LogP contribution in [0.3, 0.4) is 0 Å². The number of aliphatic hydroxyl groups is 1. The summed E-state index contributed by atoms with van der Waals surface area (Å²) in [6.45, 7) is 5.08. The SMILES string of the molecule is C=C(C)C(=O)C1(O)CC1. The summed E-state index contributed by atoms with van der Waals surface area (Å²) in [6, 6.07) is 0. The number of carbonyl (C=O) groups excluding carboxylic acids is 1. The molecule has 1 N–H and O–H groups in total. The largest absolute Gasteiger partial charge is 0.382 e. The Hall–Kier alpha value is -0.630. The van der Waals surface area contributed by atoms with Crippen molar-refractivity contribution in [1.29, 1.82) is 0 Å². The molecule has 2 heteroatoms. The van der Waals surface area contributed by atoms with Gasteiger partial charge in [0.05, 0.1) is 0 Å². The molecule has 1 rings (SSSR count). The summed E-state index contributed by atoms with van der Waals surface area (Å²) < 4.78 is 0. The van der Waals surface area contributed by atoms with E-state index in [0.717, 1.165) is 0 Å². The van der Waals surface area contributed by atoms with Crippen LogP contribution in [-0.4, -0.2) is 16.5 Å². The van der Waals surface area contributed by atoms with Gasteiger partial charge in [-0.05, 0) is 25.3 Å². The van der Waals surface area contributed by atoms with E-state index in [0.29, 0.717) is 18.4 Å².